The van der Waals surface area contributed by atoms with E-state index in [2.05, 4.69) is 16.6 Å². The van der Waals surface area contributed by atoms with Crippen molar-refractivity contribution in [1.29, 1.82) is 0 Å². The van der Waals surface area contributed by atoms with Gasteiger partial charge in [0.15, 0.2) is 6.61 Å². The first-order valence-electron chi connectivity index (χ1n) is 11.0. The van der Waals surface area contributed by atoms with Crippen LogP contribution < -0.4 is 0 Å². The number of ketones is 1. The number of nitrogens with zero attached hydrogens (tertiary/aromatic N) is 3. The Balaban J connectivity index is 1.64. The molecule has 7 heteroatoms. The molecule has 0 amide bonds. The highest BCUT2D eigenvalue weighted by molar-refractivity contribution is 6.31. The van der Waals surface area contributed by atoms with Crippen molar-refractivity contribution < 1.29 is 14.3 Å². The van der Waals surface area contributed by atoms with Crippen LogP contribution in [0.2, 0.25) is 5.02 Å². The topological polar surface area (TPSA) is 66.1 Å². The van der Waals surface area contributed by atoms with Gasteiger partial charge in [0.1, 0.15) is 0 Å². The second-order valence-electron chi connectivity index (χ2n) is 8.13. The Labute approximate surface area is 199 Å². The van der Waals surface area contributed by atoms with Crippen molar-refractivity contribution in [3.63, 3.8) is 0 Å². The normalized spacial score (nSPS) is 11.3. The average Bonchev–Trinajstić information content (AvgIpc) is 3.21. The third-order valence-corrected chi connectivity index (χ3v) is 6.14. The van der Waals surface area contributed by atoms with Gasteiger partial charge in [0.25, 0.3) is 0 Å². The van der Waals surface area contributed by atoms with Crippen molar-refractivity contribution >= 4 is 29.4 Å². The molecule has 1 aromatic carbocycles. The first-order valence-corrected chi connectivity index (χ1v) is 11.4. The van der Waals surface area contributed by atoms with Gasteiger partial charge in [0.05, 0.1) is 12.2 Å². The van der Waals surface area contributed by atoms with Gasteiger partial charge in [-0.1, -0.05) is 36.7 Å². The number of esters is 1. The zero-order chi connectivity index (χ0) is 24.1. The van der Waals surface area contributed by atoms with Crippen molar-refractivity contribution in [2.75, 3.05) is 6.61 Å². The molecule has 0 aliphatic heterocycles. The summed E-state index contributed by atoms with van der Waals surface area (Å²) in [7, 11) is 0. The molecule has 174 valence electrons. The Bertz CT molecular complexity index is 1200. The van der Waals surface area contributed by atoms with Crippen LogP contribution in [0, 0.1) is 27.7 Å². The summed E-state index contributed by atoms with van der Waals surface area (Å²) in [6.45, 7) is 10.9. The molecule has 0 unspecified atom stereocenters. The Hall–Kier alpha value is -3.12. The van der Waals surface area contributed by atoms with E-state index in [1.54, 1.807) is 6.08 Å². The van der Waals surface area contributed by atoms with E-state index < -0.39 is 5.97 Å². The molecule has 0 saturated carbocycles. The highest BCUT2D eigenvalue weighted by atomic mass is 35.5. The van der Waals surface area contributed by atoms with Crippen molar-refractivity contribution in [3.05, 3.63) is 80.9 Å². The molecule has 2 heterocycles. The van der Waals surface area contributed by atoms with Gasteiger partial charge in [0.2, 0.25) is 5.78 Å². The van der Waals surface area contributed by atoms with Gasteiger partial charge in [-0.3, -0.25) is 9.48 Å². The van der Waals surface area contributed by atoms with Crippen molar-refractivity contribution in [1.82, 2.24) is 14.3 Å². The van der Waals surface area contributed by atoms with Crippen LogP contribution in [-0.2, 0) is 22.6 Å². The number of carbonyl (C=O) groups is 2. The van der Waals surface area contributed by atoms with Gasteiger partial charge in [0, 0.05) is 45.9 Å². The number of hydrogen-bond donors (Lipinski definition) is 0. The van der Waals surface area contributed by atoms with E-state index in [9.17, 15) is 9.59 Å². The van der Waals surface area contributed by atoms with Crippen molar-refractivity contribution in [2.45, 2.75) is 54.1 Å². The third kappa shape index (κ3) is 5.63. The monoisotopic (exact) mass is 467 g/mol. The molecule has 0 spiro atoms. The second kappa shape index (κ2) is 10.7. The number of benzene rings is 1. The van der Waals surface area contributed by atoms with Crippen LogP contribution in [-0.4, -0.2) is 32.7 Å². The minimum atomic E-state index is -0.566. The highest BCUT2D eigenvalue weighted by Crippen LogP contribution is 2.20. The zero-order valence-corrected chi connectivity index (χ0v) is 20.6. The number of carbonyl (C=O) groups excluding carboxylic acids is 2. The van der Waals surface area contributed by atoms with Gasteiger partial charge in [-0.15, -0.1) is 0 Å². The molecule has 0 atom stereocenters. The van der Waals surface area contributed by atoms with E-state index in [1.807, 2.05) is 62.7 Å². The molecule has 3 aromatic rings. The van der Waals surface area contributed by atoms with Gasteiger partial charge in [-0.05, 0) is 57.9 Å². The number of aryl methyl sites for hydroxylation is 2. The molecule has 33 heavy (non-hydrogen) atoms. The van der Waals surface area contributed by atoms with Crippen LogP contribution in [0.3, 0.4) is 0 Å². The SMILES string of the molecule is CCCn1c(C)cc(C(=O)COC(=O)C=Cc2c(C)nn(Cc3ccccc3Cl)c2C)c1C. The van der Waals surface area contributed by atoms with Crippen LogP contribution in [0.1, 0.15) is 57.6 Å². The van der Waals surface area contributed by atoms with E-state index in [0.717, 1.165) is 46.9 Å². The van der Waals surface area contributed by atoms with E-state index >= 15 is 0 Å². The lowest BCUT2D eigenvalue weighted by Gasteiger charge is -2.07. The maximum absolute atomic E-state index is 12.6. The molecule has 0 aliphatic rings. The summed E-state index contributed by atoms with van der Waals surface area (Å²) < 4.78 is 9.18. The summed E-state index contributed by atoms with van der Waals surface area (Å²) in [4.78, 5) is 24.9. The summed E-state index contributed by atoms with van der Waals surface area (Å²) in [5.41, 5.74) is 6.06. The predicted molar refractivity (Wildman–Crippen MR) is 131 cm³/mol. The largest absolute Gasteiger partial charge is 0.454 e. The fraction of sp³-hybridized carbons (Fsp3) is 0.346. The molecule has 0 fully saturated rings. The Morgan fingerprint density at radius 1 is 1.12 bits per heavy atom. The Morgan fingerprint density at radius 2 is 1.85 bits per heavy atom. The van der Waals surface area contributed by atoms with Crippen LogP contribution in [0.25, 0.3) is 6.08 Å². The van der Waals surface area contributed by atoms with E-state index in [1.165, 1.54) is 6.08 Å². The lowest BCUT2D eigenvalue weighted by atomic mass is 10.1. The lowest BCUT2D eigenvalue weighted by molar-refractivity contribution is -0.136. The van der Waals surface area contributed by atoms with E-state index in [-0.39, 0.29) is 12.4 Å². The van der Waals surface area contributed by atoms with Gasteiger partial charge in [-0.25, -0.2) is 4.79 Å². The summed E-state index contributed by atoms with van der Waals surface area (Å²) in [6.07, 6.45) is 4.00. The fourth-order valence-corrected chi connectivity index (χ4v) is 4.15. The maximum atomic E-state index is 12.6. The van der Waals surface area contributed by atoms with Crippen LogP contribution >= 0.6 is 11.6 Å². The number of halogens is 1. The van der Waals surface area contributed by atoms with Crippen LogP contribution in [0.4, 0.5) is 0 Å². The predicted octanol–water partition coefficient (Wildman–Crippen LogP) is 5.47. The smallest absolute Gasteiger partial charge is 0.331 e. The first kappa shape index (κ1) is 24.5. The minimum absolute atomic E-state index is 0.202. The zero-order valence-electron chi connectivity index (χ0n) is 19.8. The first-order chi connectivity index (χ1) is 15.7. The summed E-state index contributed by atoms with van der Waals surface area (Å²) >= 11 is 6.27. The van der Waals surface area contributed by atoms with E-state index in [4.69, 9.17) is 16.3 Å². The second-order valence-corrected chi connectivity index (χ2v) is 8.54. The average molecular weight is 468 g/mol. The molecule has 0 aliphatic carbocycles. The summed E-state index contributed by atoms with van der Waals surface area (Å²) in [5, 5.41) is 5.26. The summed E-state index contributed by atoms with van der Waals surface area (Å²) in [6, 6.07) is 9.50. The number of hydrogen-bond acceptors (Lipinski definition) is 4. The maximum Gasteiger partial charge on any atom is 0.331 e. The minimum Gasteiger partial charge on any atom is -0.454 e. The quantitative estimate of drug-likeness (QED) is 0.238. The Kier molecular flexibility index (Phi) is 7.92. The van der Waals surface area contributed by atoms with Gasteiger partial charge in [-0.2, -0.15) is 5.10 Å². The molecule has 0 bridgehead atoms. The molecule has 0 radical (unpaired) electrons. The highest BCUT2D eigenvalue weighted by Gasteiger charge is 2.17. The lowest BCUT2D eigenvalue weighted by Crippen LogP contribution is -2.13. The molecular formula is C26H30ClN3O3. The van der Waals surface area contributed by atoms with Crippen LogP contribution in [0.15, 0.2) is 36.4 Å². The van der Waals surface area contributed by atoms with Crippen molar-refractivity contribution in [2.24, 2.45) is 0 Å². The molecule has 6 nitrogen and oxygen atoms in total. The molecular weight excluding hydrogens is 438 g/mol. The number of Topliss-reactive ketones (excluding diaryl/α,β-unsaturated/α-hetero) is 1. The van der Waals surface area contributed by atoms with Gasteiger partial charge >= 0.3 is 5.97 Å². The molecule has 0 saturated heterocycles. The fourth-order valence-electron chi connectivity index (χ4n) is 3.96. The third-order valence-electron chi connectivity index (χ3n) is 5.77. The number of aromatic nitrogens is 3. The number of ether oxygens (including phenoxy) is 1. The standard InChI is InChI=1S/C26H30ClN3O3/c1-6-13-29-17(2)14-23(19(29)4)25(31)16-33-26(32)12-11-22-18(3)28-30(20(22)5)15-21-9-7-8-10-24(21)27/h7-12,14H,6,13,15-16H2,1-5H3. The van der Waals surface area contributed by atoms with Crippen molar-refractivity contribution in [3.8, 4) is 0 Å². The molecule has 2 aromatic heterocycles. The molecule has 3 rings (SSSR count). The Morgan fingerprint density at radius 3 is 2.55 bits per heavy atom. The van der Waals surface area contributed by atoms with Gasteiger partial charge < -0.3 is 9.30 Å². The number of rotatable bonds is 9. The van der Waals surface area contributed by atoms with Crippen LogP contribution in [0.5, 0.6) is 0 Å². The van der Waals surface area contributed by atoms with E-state index in [0.29, 0.717) is 17.1 Å². The molecule has 0 N–H and O–H groups in total. The summed E-state index contributed by atoms with van der Waals surface area (Å²) in [5.74, 6) is -0.768.